The number of hydrogen-bond donors (Lipinski definition) is 0. The number of benzene rings is 2. The Kier molecular flexibility index (Phi) is 5.70. The van der Waals surface area contributed by atoms with Gasteiger partial charge in [0.05, 0.1) is 9.82 Å². The summed E-state index contributed by atoms with van der Waals surface area (Å²) in [5, 5.41) is 10.4. The predicted octanol–water partition coefficient (Wildman–Crippen LogP) is 6.15. The third kappa shape index (κ3) is 5.50. The Hall–Kier alpha value is -2.97. The van der Waals surface area contributed by atoms with Crippen LogP contribution in [0.2, 0.25) is 0 Å². The smallest absolute Gasteiger partial charge is 0.258 e. The molecule has 0 saturated carbocycles. The third-order valence-electron chi connectivity index (χ3n) is 3.50. The van der Waals surface area contributed by atoms with E-state index in [4.69, 9.17) is 9.59 Å². The lowest BCUT2D eigenvalue weighted by atomic mass is 10.1. The number of hydrogen-bond acceptors (Lipinski definition) is 4. The van der Waals surface area contributed by atoms with Crippen LogP contribution in [0.1, 0.15) is 18.1 Å². The molecule has 2 aromatic rings. The number of carbonyl (C=O) groups excluding carboxylic acids is 2. The molecule has 0 radical (unpaired) electrons. The second-order valence-corrected chi connectivity index (χ2v) is 8.56. The van der Waals surface area contributed by atoms with Crippen LogP contribution in [-0.4, -0.2) is 11.1 Å². The Bertz CT molecular complexity index is 933. The van der Waals surface area contributed by atoms with E-state index >= 15 is 0 Å². The number of nitrogens with zero attached hydrogens (tertiary/aromatic N) is 1. The van der Waals surface area contributed by atoms with Crippen LogP contribution in [0.25, 0.3) is 5.57 Å². The number of aryl methyl sites for hydroxylation is 1. The van der Waals surface area contributed by atoms with E-state index in [1.807, 2.05) is 0 Å². The van der Waals surface area contributed by atoms with E-state index in [1.54, 1.807) is 18.2 Å². The van der Waals surface area contributed by atoms with Crippen LogP contribution in [0, 0.1) is 17.0 Å². The zero-order valence-corrected chi connectivity index (χ0v) is 15.0. The number of nitro benzene ring substituents is 1. The van der Waals surface area contributed by atoms with E-state index in [0.29, 0.717) is 18.2 Å². The van der Waals surface area contributed by atoms with Gasteiger partial charge in [-0.2, -0.15) is 9.59 Å². The highest BCUT2D eigenvalue weighted by Gasteiger charge is 2.62. The number of rotatable bonds is 4. The summed E-state index contributed by atoms with van der Waals surface area (Å²) >= 11 is 0. The minimum Gasteiger partial charge on any atom is -0.258 e. The summed E-state index contributed by atoms with van der Waals surface area (Å²) in [4.78, 5) is 24.7. The van der Waals surface area contributed by atoms with E-state index in [1.165, 1.54) is 19.1 Å². The standard InChI is InChI=1S/C16H15F4NO2S.CO2/c1-12-10-15(8-9-16(12)21(22)23)24(17,18,19,20)11-13(2)14-6-4-3-5-7-14;2-1-3/h3-11H,1-2H3;/b13-11-;. The summed E-state index contributed by atoms with van der Waals surface area (Å²) < 4.78 is 58.1. The molecular formula is C17H15F4NO4S. The summed E-state index contributed by atoms with van der Waals surface area (Å²) in [5.74, 6) is 0. The van der Waals surface area contributed by atoms with Crippen molar-refractivity contribution in [1.82, 2.24) is 0 Å². The highest BCUT2D eigenvalue weighted by atomic mass is 32.5. The molecule has 0 N–H and O–H groups in total. The maximum Gasteiger partial charge on any atom is 0.373 e. The second-order valence-electron chi connectivity index (χ2n) is 5.59. The molecule has 5 nitrogen and oxygen atoms in total. The average Bonchev–Trinajstić information content (AvgIpc) is 2.54. The molecule has 0 aliphatic heterocycles. The van der Waals surface area contributed by atoms with Crippen molar-refractivity contribution in [2.24, 2.45) is 0 Å². The van der Waals surface area contributed by atoms with Crippen molar-refractivity contribution in [3.8, 4) is 0 Å². The molecule has 0 amide bonds. The highest BCUT2D eigenvalue weighted by molar-refractivity contribution is 8.52. The van der Waals surface area contributed by atoms with E-state index in [-0.39, 0.29) is 28.3 Å². The van der Waals surface area contributed by atoms with E-state index in [9.17, 15) is 25.7 Å². The molecule has 0 aliphatic carbocycles. The molecule has 10 heteroatoms. The molecule has 2 rings (SSSR count). The summed E-state index contributed by atoms with van der Waals surface area (Å²) in [5.41, 5.74) is -0.773. The highest BCUT2D eigenvalue weighted by Crippen LogP contribution is 3.02. The molecule has 2 aromatic carbocycles. The normalized spacial score (nSPS) is 14.1. The zero-order valence-electron chi connectivity index (χ0n) is 14.2. The maximum atomic E-state index is 14.5. The Morgan fingerprint density at radius 3 is 2.04 bits per heavy atom. The Morgan fingerprint density at radius 1 is 1.07 bits per heavy atom. The summed E-state index contributed by atoms with van der Waals surface area (Å²) in [7, 11) is -8.73. The largest absolute Gasteiger partial charge is 0.373 e. The first-order valence-electron chi connectivity index (χ1n) is 7.24. The minimum absolute atomic E-state index is 0.242. The maximum absolute atomic E-state index is 14.5. The van der Waals surface area contributed by atoms with Gasteiger partial charge in [-0.25, -0.2) is 0 Å². The fourth-order valence-corrected chi connectivity index (χ4v) is 4.05. The average molecular weight is 405 g/mol. The first kappa shape index (κ1) is 22.1. The van der Waals surface area contributed by atoms with Gasteiger partial charge in [-0.3, -0.25) is 10.1 Å². The zero-order chi connectivity index (χ0) is 20.9. The molecular weight excluding hydrogens is 390 g/mol. The van der Waals surface area contributed by atoms with Crippen LogP contribution in [0.4, 0.5) is 21.2 Å². The first-order chi connectivity index (χ1) is 12.2. The van der Waals surface area contributed by atoms with Crippen molar-refractivity contribution in [3.63, 3.8) is 0 Å². The number of nitro groups is 1. The Balaban J connectivity index is 0.00000114. The van der Waals surface area contributed by atoms with E-state index in [2.05, 4.69) is 0 Å². The molecule has 0 saturated heterocycles. The van der Waals surface area contributed by atoms with Crippen LogP contribution in [0.5, 0.6) is 0 Å². The van der Waals surface area contributed by atoms with Gasteiger partial charge < -0.3 is 0 Å². The molecule has 146 valence electrons. The van der Waals surface area contributed by atoms with Gasteiger partial charge in [0.2, 0.25) is 9.84 Å². The van der Waals surface area contributed by atoms with Crippen LogP contribution in [0.3, 0.4) is 0 Å². The van der Waals surface area contributed by atoms with Gasteiger partial charge >= 0.3 is 6.15 Å². The van der Waals surface area contributed by atoms with Crippen molar-refractivity contribution >= 4 is 27.3 Å². The lowest BCUT2D eigenvalue weighted by Gasteiger charge is -2.47. The molecule has 0 aliphatic rings. The number of allylic oxidation sites excluding steroid dienone is 1. The molecule has 0 unspecified atom stereocenters. The second kappa shape index (κ2) is 6.98. The van der Waals surface area contributed by atoms with Gasteiger partial charge in [-0.05, 0) is 37.1 Å². The third-order valence-corrected chi connectivity index (χ3v) is 5.57. The lowest BCUT2D eigenvalue weighted by Crippen LogP contribution is -2.11. The van der Waals surface area contributed by atoms with Crippen LogP contribution >= 0.6 is 9.84 Å². The van der Waals surface area contributed by atoms with Crippen LogP contribution in [-0.2, 0) is 9.59 Å². The SMILES string of the molecule is C/C(=C/S(F)(F)(F)(F)c1ccc([N+](=O)[O-])c(C)c1)c1ccccc1.O=C=O. The van der Waals surface area contributed by atoms with Gasteiger partial charge in [0.15, 0.2) is 0 Å². The Morgan fingerprint density at radius 2 is 1.59 bits per heavy atom. The molecule has 0 spiro atoms. The monoisotopic (exact) mass is 405 g/mol. The molecule has 0 heterocycles. The summed E-state index contributed by atoms with van der Waals surface area (Å²) in [6, 6.07) is 9.21. The predicted molar refractivity (Wildman–Crippen MR) is 93.2 cm³/mol. The fraction of sp³-hybridized carbons (Fsp3) is 0.118. The topological polar surface area (TPSA) is 77.3 Å². The van der Waals surface area contributed by atoms with Gasteiger partial charge in [-0.15, -0.1) is 15.5 Å². The van der Waals surface area contributed by atoms with Gasteiger partial charge in [-0.1, -0.05) is 30.3 Å². The molecule has 0 bridgehead atoms. The quantitative estimate of drug-likeness (QED) is 0.347. The summed E-state index contributed by atoms with van der Waals surface area (Å²) in [6.45, 7) is 2.31. The fourth-order valence-electron chi connectivity index (χ4n) is 2.29. The summed E-state index contributed by atoms with van der Waals surface area (Å²) in [6.07, 6.45) is 0.250. The minimum atomic E-state index is -8.73. The van der Waals surface area contributed by atoms with Crippen LogP contribution < -0.4 is 0 Å². The molecule has 27 heavy (non-hydrogen) atoms. The Labute approximate surface area is 151 Å². The van der Waals surface area contributed by atoms with Crippen molar-refractivity contribution in [2.45, 2.75) is 18.7 Å². The van der Waals surface area contributed by atoms with Crippen LogP contribution in [0.15, 0.2) is 58.8 Å². The van der Waals surface area contributed by atoms with Crippen molar-refractivity contribution < 1.29 is 30.1 Å². The lowest BCUT2D eigenvalue weighted by molar-refractivity contribution is -0.385. The van der Waals surface area contributed by atoms with Crippen molar-refractivity contribution in [2.75, 3.05) is 0 Å². The first-order valence-corrected chi connectivity index (χ1v) is 9.36. The van der Waals surface area contributed by atoms with Gasteiger partial charge in [0.1, 0.15) is 0 Å². The van der Waals surface area contributed by atoms with Crippen molar-refractivity contribution in [1.29, 1.82) is 0 Å². The molecule has 0 fully saturated rings. The number of halogens is 4. The van der Waals surface area contributed by atoms with Crippen molar-refractivity contribution in [3.05, 3.63) is 75.2 Å². The van der Waals surface area contributed by atoms with E-state index < -0.39 is 25.3 Å². The molecule has 0 aromatic heterocycles. The van der Waals surface area contributed by atoms with Gasteiger partial charge in [0, 0.05) is 17.0 Å². The van der Waals surface area contributed by atoms with E-state index in [0.717, 1.165) is 6.92 Å². The van der Waals surface area contributed by atoms with Gasteiger partial charge in [0.25, 0.3) is 5.69 Å². The molecule has 0 atom stereocenters.